The second kappa shape index (κ2) is 7.28. The molecule has 1 aliphatic carbocycles. The normalized spacial score (nSPS) is 19.3. The Morgan fingerprint density at radius 1 is 1.10 bits per heavy atom. The van der Waals surface area contributed by atoms with Crippen LogP contribution in [0.3, 0.4) is 0 Å². The number of halogens is 3. The zero-order chi connectivity index (χ0) is 20.6. The number of anilines is 2. The van der Waals surface area contributed by atoms with Gasteiger partial charge in [-0.2, -0.15) is 0 Å². The van der Waals surface area contributed by atoms with Gasteiger partial charge in [-0.1, -0.05) is 32.4 Å². The summed E-state index contributed by atoms with van der Waals surface area (Å²) in [5, 5.41) is 3.29. The van der Waals surface area contributed by atoms with Crippen molar-refractivity contribution in [1.82, 2.24) is 9.55 Å². The number of fused-ring (bicyclic) bond motifs is 1. The minimum absolute atomic E-state index is 0.245. The molecule has 1 fully saturated rings. The number of nitrogens with one attached hydrogen (secondary N) is 1. The maximum atomic E-state index is 12.4. The molecule has 3 aromatic rings. The van der Waals surface area contributed by atoms with E-state index in [1.165, 1.54) is 18.6 Å². The van der Waals surface area contributed by atoms with Crippen molar-refractivity contribution in [2.75, 3.05) is 5.32 Å². The van der Waals surface area contributed by atoms with Gasteiger partial charge in [0.15, 0.2) is 0 Å². The molecule has 1 unspecified atom stereocenters. The van der Waals surface area contributed by atoms with Crippen molar-refractivity contribution >= 4 is 22.7 Å². The van der Waals surface area contributed by atoms with Crippen molar-refractivity contribution < 1.29 is 17.9 Å². The molecule has 1 saturated carbocycles. The van der Waals surface area contributed by atoms with Crippen LogP contribution >= 0.6 is 0 Å². The first-order valence-electron chi connectivity index (χ1n) is 9.80. The van der Waals surface area contributed by atoms with Crippen LogP contribution in [-0.2, 0) is 0 Å². The maximum absolute atomic E-state index is 12.4. The molecule has 1 N–H and O–H groups in total. The Morgan fingerprint density at radius 2 is 1.83 bits per heavy atom. The summed E-state index contributed by atoms with van der Waals surface area (Å²) < 4.78 is 43.3. The Bertz CT molecular complexity index is 993. The fourth-order valence-electron chi connectivity index (χ4n) is 4.25. The van der Waals surface area contributed by atoms with Gasteiger partial charge in [0.2, 0.25) is 5.95 Å². The average molecular weight is 403 g/mol. The Morgan fingerprint density at radius 3 is 2.52 bits per heavy atom. The second-order valence-corrected chi connectivity index (χ2v) is 8.41. The fraction of sp³-hybridized carbons (Fsp3) is 0.409. The molecule has 1 atom stereocenters. The number of imidazole rings is 1. The van der Waals surface area contributed by atoms with E-state index in [1.807, 2.05) is 18.2 Å². The number of aromatic nitrogens is 2. The van der Waals surface area contributed by atoms with E-state index < -0.39 is 6.36 Å². The summed E-state index contributed by atoms with van der Waals surface area (Å²) in [6.07, 6.45) is -0.194. The predicted molar refractivity (Wildman–Crippen MR) is 107 cm³/mol. The van der Waals surface area contributed by atoms with E-state index in [9.17, 15) is 13.2 Å². The third kappa shape index (κ3) is 4.49. The number of para-hydroxylation sites is 2. The van der Waals surface area contributed by atoms with Crippen LogP contribution in [0.5, 0.6) is 5.75 Å². The molecule has 1 heterocycles. The topological polar surface area (TPSA) is 39.1 Å². The first kappa shape index (κ1) is 19.6. The molecule has 1 aromatic heterocycles. The van der Waals surface area contributed by atoms with E-state index in [-0.39, 0.29) is 11.2 Å². The molecule has 29 heavy (non-hydrogen) atoms. The van der Waals surface area contributed by atoms with Crippen molar-refractivity contribution in [3.05, 3.63) is 48.5 Å². The summed E-state index contributed by atoms with van der Waals surface area (Å²) in [7, 11) is 0. The van der Waals surface area contributed by atoms with Crippen molar-refractivity contribution in [2.24, 2.45) is 5.41 Å². The third-order valence-electron chi connectivity index (χ3n) is 5.48. The lowest BCUT2D eigenvalue weighted by molar-refractivity contribution is -0.274. The minimum Gasteiger partial charge on any atom is -0.406 e. The van der Waals surface area contributed by atoms with Gasteiger partial charge in [-0.3, -0.25) is 0 Å². The van der Waals surface area contributed by atoms with Gasteiger partial charge >= 0.3 is 6.36 Å². The standard InChI is InChI=1S/C22H24F3N3O/c1-21(2)13-5-6-16(14-21)28-19-8-4-3-7-18(19)27-20(28)26-15-9-11-17(12-10-15)29-22(23,24)25/h3-4,7-12,16H,5-6,13-14H2,1-2H3,(H,26,27). The van der Waals surface area contributed by atoms with Crippen LogP contribution in [0.2, 0.25) is 0 Å². The molecule has 0 bridgehead atoms. The largest absolute Gasteiger partial charge is 0.573 e. The molecular formula is C22H24F3N3O. The molecule has 0 amide bonds. The van der Waals surface area contributed by atoms with Crippen molar-refractivity contribution in [3.8, 4) is 5.75 Å². The van der Waals surface area contributed by atoms with Gasteiger partial charge in [0, 0.05) is 11.7 Å². The van der Waals surface area contributed by atoms with E-state index in [1.54, 1.807) is 12.1 Å². The highest BCUT2D eigenvalue weighted by Gasteiger charge is 2.32. The van der Waals surface area contributed by atoms with Crippen LogP contribution in [0.15, 0.2) is 48.5 Å². The molecule has 4 nitrogen and oxygen atoms in total. The molecule has 4 rings (SSSR count). The summed E-state index contributed by atoms with van der Waals surface area (Å²) in [4.78, 5) is 4.75. The number of nitrogens with zero attached hydrogens (tertiary/aromatic N) is 2. The molecule has 0 radical (unpaired) electrons. The van der Waals surface area contributed by atoms with Crippen LogP contribution < -0.4 is 10.1 Å². The lowest BCUT2D eigenvalue weighted by Crippen LogP contribution is -2.25. The Labute approximate surface area is 167 Å². The summed E-state index contributed by atoms with van der Waals surface area (Å²) >= 11 is 0. The first-order valence-corrected chi connectivity index (χ1v) is 9.80. The molecule has 2 aromatic carbocycles. The first-order chi connectivity index (χ1) is 13.7. The van der Waals surface area contributed by atoms with E-state index in [2.05, 4.69) is 34.5 Å². The highest BCUT2D eigenvalue weighted by Crippen LogP contribution is 2.43. The van der Waals surface area contributed by atoms with Gasteiger partial charge in [-0.15, -0.1) is 13.2 Å². The van der Waals surface area contributed by atoms with E-state index >= 15 is 0 Å². The number of hydrogen-bond donors (Lipinski definition) is 1. The second-order valence-electron chi connectivity index (χ2n) is 8.41. The number of rotatable bonds is 4. The van der Waals surface area contributed by atoms with Crippen molar-refractivity contribution in [2.45, 2.75) is 51.9 Å². The van der Waals surface area contributed by atoms with Crippen LogP contribution in [0.4, 0.5) is 24.8 Å². The molecule has 0 saturated heterocycles. The van der Waals surface area contributed by atoms with Crippen molar-refractivity contribution in [1.29, 1.82) is 0 Å². The van der Waals surface area contributed by atoms with Crippen LogP contribution in [-0.4, -0.2) is 15.9 Å². The molecule has 154 valence electrons. The lowest BCUT2D eigenvalue weighted by Gasteiger charge is -2.36. The third-order valence-corrected chi connectivity index (χ3v) is 5.48. The smallest absolute Gasteiger partial charge is 0.406 e. The number of alkyl halides is 3. The number of benzene rings is 2. The molecule has 0 aliphatic heterocycles. The van der Waals surface area contributed by atoms with Gasteiger partial charge < -0.3 is 14.6 Å². The van der Waals surface area contributed by atoms with Crippen LogP contribution in [0.1, 0.15) is 45.6 Å². The van der Waals surface area contributed by atoms with Gasteiger partial charge in [0.05, 0.1) is 11.0 Å². The lowest BCUT2D eigenvalue weighted by atomic mass is 9.75. The zero-order valence-electron chi connectivity index (χ0n) is 16.5. The van der Waals surface area contributed by atoms with E-state index in [4.69, 9.17) is 4.98 Å². The average Bonchev–Trinajstić information content (AvgIpc) is 2.99. The van der Waals surface area contributed by atoms with Crippen LogP contribution in [0.25, 0.3) is 11.0 Å². The predicted octanol–water partition coefficient (Wildman–Crippen LogP) is 6.82. The summed E-state index contributed by atoms with van der Waals surface area (Å²) in [6.45, 7) is 4.59. The summed E-state index contributed by atoms with van der Waals surface area (Å²) in [5.41, 5.74) is 2.89. The number of hydrogen-bond acceptors (Lipinski definition) is 3. The fourth-order valence-corrected chi connectivity index (χ4v) is 4.25. The Hall–Kier alpha value is -2.70. The zero-order valence-corrected chi connectivity index (χ0v) is 16.5. The maximum Gasteiger partial charge on any atom is 0.573 e. The SMILES string of the molecule is CC1(C)CCCC(n2c(Nc3ccc(OC(F)(F)F)cc3)nc3ccccc32)C1. The summed E-state index contributed by atoms with van der Waals surface area (Å²) in [5.74, 6) is 0.462. The molecular weight excluding hydrogens is 379 g/mol. The minimum atomic E-state index is -4.70. The van der Waals surface area contributed by atoms with Crippen LogP contribution in [0, 0.1) is 5.41 Å². The highest BCUT2D eigenvalue weighted by atomic mass is 19.4. The Kier molecular flexibility index (Phi) is 4.92. The molecule has 1 aliphatic rings. The van der Waals surface area contributed by atoms with E-state index in [0.717, 1.165) is 30.3 Å². The van der Waals surface area contributed by atoms with Gasteiger partial charge in [-0.05, 0) is 61.1 Å². The molecule has 0 spiro atoms. The van der Waals surface area contributed by atoms with Gasteiger partial charge in [-0.25, -0.2) is 4.98 Å². The van der Waals surface area contributed by atoms with Gasteiger partial charge in [0.25, 0.3) is 0 Å². The van der Waals surface area contributed by atoms with E-state index in [0.29, 0.717) is 17.7 Å². The van der Waals surface area contributed by atoms with Gasteiger partial charge in [0.1, 0.15) is 5.75 Å². The number of ether oxygens (including phenoxy) is 1. The quantitative estimate of drug-likeness (QED) is 0.519. The Balaban J connectivity index is 1.65. The monoisotopic (exact) mass is 403 g/mol. The summed E-state index contributed by atoms with van der Waals surface area (Å²) in [6, 6.07) is 14.0. The highest BCUT2D eigenvalue weighted by molar-refractivity contribution is 5.80. The molecule has 7 heteroatoms. The van der Waals surface area contributed by atoms with Crippen molar-refractivity contribution in [3.63, 3.8) is 0 Å².